The molecule has 1 amide bonds. The van der Waals surface area contributed by atoms with Crippen molar-refractivity contribution < 1.29 is 4.79 Å². The molecule has 25 heavy (non-hydrogen) atoms. The van der Waals surface area contributed by atoms with E-state index in [1.165, 1.54) is 38.2 Å². The van der Waals surface area contributed by atoms with Gasteiger partial charge in [-0.3, -0.25) is 4.79 Å². The van der Waals surface area contributed by atoms with Gasteiger partial charge in [0.2, 0.25) is 0 Å². The molecule has 0 fully saturated rings. The second kappa shape index (κ2) is 16.6. The maximum atomic E-state index is 11.2. The van der Waals surface area contributed by atoms with Crippen molar-refractivity contribution in [2.75, 3.05) is 0 Å². The Bertz CT molecular complexity index is 502. The summed E-state index contributed by atoms with van der Waals surface area (Å²) in [7, 11) is 0. The standard InChI is InChI=1S/C13H20N4O.C7H16/c1-4-10(8-11(5-2)9(3)14)6-7-12(18)17-13(15)16;1-3-5-7-6-4-2/h4,6-8H,1,5,14H2,2-3H3,(H4,15,16,17,18);3-7H2,1-2H3/b7-6+,10-8+,11-9+;. The topological polar surface area (TPSA) is 107 Å². The lowest BCUT2D eigenvalue weighted by Gasteiger charge is -2.02. The number of allylic oxidation sites excluding steroid dienone is 6. The van der Waals surface area contributed by atoms with Crippen LogP contribution in [0.2, 0.25) is 0 Å². The largest absolute Gasteiger partial charge is 0.402 e. The van der Waals surface area contributed by atoms with Crippen LogP contribution in [0.1, 0.15) is 66.2 Å². The minimum absolute atomic E-state index is 0.263. The minimum atomic E-state index is -0.519. The highest BCUT2D eigenvalue weighted by atomic mass is 16.1. The number of nitrogens with two attached hydrogens (primary N) is 3. The SMILES string of the molecule is C=CC(/C=C/C(=O)N=C(N)N)=C\C(CC)=C(/C)N.CCCCCCC. The maximum Gasteiger partial charge on any atom is 0.272 e. The normalized spacial score (nSPS) is 12.1. The van der Waals surface area contributed by atoms with E-state index in [2.05, 4.69) is 25.4 Å². The lowest BCUT2D eigenvalue weighted by Crippen LogP contribution is -2.23. The van der Waals surface area contributed by atoms with Gasteiger partial charge in [-0.05, 0) is 30.6 Å². The Balaban J connectivity index is 0. The van der Waals surface area contributed by atoms with Crippen LogP contribution in [-0.2, 0) is 4.79 Å². The van der Waals surface area contributed by atoms with Crippen LogP contribution in [-0.4, -0.2) is 11.9 Å². The van der Waals surface area contributed by atoms with Gasteiger partial charge in [-0.1, -0.05) is 71.6 Å². The number of carbonyl (C=O) groups is 1. The van der Waals surface area contributed by atoms with Crippen molar-refractivity contribution in [3.8, 4) is 0 Å². The van der Waals surface area contributed by atoms with Crippen molar-refractivity contribution in [2.45, 2.75) is 66.2 Å². The maximum absolute atomic E-state index is 11.2. The summed E-state index contributed by atoms with van der Waals surface area (Å²) >= 11 is 0. The molecule has 5 heteroatoms. The average molecular weight is 349 g/mol. The number of aliphatic imine (C=N–C) groups is 1. The molecule has 0 bridgehead atoms. The lowest BCUT2D eigenvalue weighted by atomic mass is 10.1. The van der Waals surface area contributed by atoms with Crippen LogP contribution in [0, 0.1) is 0 Å². The molecule has 0 aromatic rings. The fraction of sp³-hybridized carbons (Fsp3) is 0.500. The van der Waals surface area contributed by atoms with Crippen LogP contribution in [0.3, 0.4) is 0 Å². The van der Waals surface area contributed by atoms with Crippen LogP contribution in [0.25, 0.3) is 0 Å². The lowest BCUT2D eigenvalue weighted by molar-refractivity contribution is -0.113. The van der Waals surface area contributed by atoms with Crippen LogP contribution in [0.4, 0.5) is 0 Å². The highest BCUT2D eigenvalue weighted by Crippen LogP contribution is 2.11. The summed E-state index contributed by atoms with van der Waals surface area (Å²) in [6.45, 7) is 12.0. The Morgan fingerprint density at radius 1 is 1.00 bits per heavy atom. The third kappa shape index (κ3) is 16.3. The molecule has 0 aliphatic rings. The number of carbonyl (C=O) groups excluding carboxylic acids is 1. The van der Waals surface area contributed by atoms with E-state index in [9.17, 15) is 4.79 Å². The van der Waals surface area contributed by atoms with Gasteiger partial charge in [0.15, 0.2) is 5.96 Å². The van der Waals surface area contributed by atoms with E-state index in [0.29, 0.717) is 0 Å². The van der Waals surface area contributed by atoms with E-state index in [4.69, 9.17) is 17.2 Å². The molecule has 142 valence electrons. The number of nitrogens with zero attached hydrogens (tertiary/aromatic N) is 1. The van der Waals surface area contributed by atoms with E-state index in [0.717, 1.165) is 23.3 Å². The fourth-order valence-electron chi connectivity index (χ4n) is 1.88. The summed E-state index contributed by atoms with van der Waals surface area (Å²) in [5.41, 5.74) is 18.4. The van der Waals surface area contributed by atoms with Crippen LogP contribution in [0.5, 0.6) is 0 Å². The summed E-state index contributed by atoms with van der Waals surface area (Å²) in [4.78, 5) is 14.6. The minimum Gasteiger partial charge on any atom is -0.402 e. The van der Waals surface area contributed by atoms with E-state index >= 15 is 0 Å². The Morgan fingerprint density at radius 3 is 1.92 bits per heavy atom. The molecule has 0 spiro atoms. The van der Waals surface area contributed by atoms with Gasteiger partial charge in [-0.2, -0.15) is 4.99 Å². The van der Waals surface area contributed by atoms with Crippen molar-refractivity contribution in [1.29, 1.82) is 0 Å². The molecule has 0 saturated carbocycles. The molecule has 5 nitrogen and oxygen atoms in total. The van der Waals surface area contributed by atoms with Crippen LogP contribution in [0.15, 0.2) is 52.7 Å². The number of amides is 1. The summed E-state index contributed by atoms with van der Waals surface area (Å²) in [6.07, 6.45) is 14.1. The summed E-state index contributed by atoms with van der Waals surface area (Å²) in [5, 5.41) is 0. The number of rotatable bonds is 9. The molecule has 0 saturated heterocycles. The molecule has 6 N–H and O–H groups in total. The van der Waals surface area contributed by atoms with Crippen molar-refractivity contribution in [1.82, 2.24) is 0 Å². The summed E-state index contributed by atoms with van der Waals surface area (Å²) in [6, 6.07) is 0. The number of unbranched alkanes of at least 4 members (excludes halogenated alkanes) is 4. The molecule has 0 aliphatic heterocycles. The van der Waals surface area contributed by atoms with Crippen molar-refractivity contribution in [3.05, 3.63) is 47.7 Å². The fourth-order valence-corrected chi connectivity index (χ4v) is 1.88. The van der Waals surface area contributed by atoms with Crippen molar-refractivity contribution in [3.63, 3.8) is 0 Å². The smallest absolute Gasteiger partial charge is 0.272 e. The molecule has 0 radical (unpaired) electrons. The summed E-state index contributed by atoms with van der Waals surface area (Å²) < 4.78 is 0. The van der Waals surface area contributed by atoms with Gasteiger partial charge < -0.3 is 17.2 Å². The zero-order chi connectivity index (χ0) is 19.7. The molecule has 0 aromatic heterocycles. The molecule has 0 rings (SSSR count). The van der Waals surface area contributed by atoms with Gasteiger partial charge in [0.25, 0.3) is 5.91 Å². The highest BCUT2D eigenvalue weighted by molar-refractivity contribution is 5.97. The van der Waals surface area contributed by atoms with Crippen molar-refractivity contribution in [2.24, 2.45) is 22.2 Å². The first-order valence-electron chi connectivity index (χ1n) is 8.93. The second-order valence-electron chi connectivity index (χ2n) is 5.68. The number of hydrogen-bond acceptors (Lipinski definition) is 2. The van der Waals surface area contributed by atoms with E-state index < -0.39 is 5.91 Å². The van der Waals surface area contributed by atoms with Gasteiger partial charge in [-0.25, -0.2) is 0 Å². The Morgan fingerprint density at radius 2 is 1.56 bits per heavy atom. The summed E-state index contributed by atoms with van der Waals surface area (Å²) in [5.74, 6) is -0.782. The number of hydrogen-bond donors (Lipinski definition) is 3. The molecular weight excluding hydrogens is 312 g/mol. The first-order chi connectivity index (χ1) is 11.8. The molecular formula is C20H36N4O. The molecule has 0 heterocycles. The van der Waals surface area contributed by atoms with Gasteiger partial charge in [0, 0.05) is 11.8 Å². The molecule has 0 unspecified atom stereocenters. The molecule has 0 aromatic carbocycles. The van der Waals surface area contributed by atoms with Gasteiger partial charge in [-0.15, -0.1) is 0 Å². The van der Waals surface area contributed by atoms with Gasteiger partial charge in [0.1, 0.15) is 0 Å². The van der Waals surface area contributed by atoms with Gasteiger partial charge in [0.05, 0.1) is 0 Å². The zero-order valence-electron chi connectivity index (χ0n) is 16.3. The van der Waals surface area contributed by atoms with E-state index in [-0.39, 0.29) is 5.96 Å². The Kier molecular flexibility index (Phi) is 16.5. The van der Waals surface area contributed by atoms with E-state index in [1.54, 1.807) is 12.2 Å². The van der Waals surface area contributed by atoms with E-state index in [1.807, 2.05) is 19.9 Å². The predicted octanol–water partition coefficient (Wildman–Crippen LogP) is 4.07. The van der Waals surface area contributed by atoms with Crippen LogP contribution < -0.4 is 17.2 Å². The first kappa shape index (κ1) is 24.9. The Labute approximate surface area is 153 Å². The van der Waals surface area contributed by atoms with Crippen molar-refractivity contribution >= 4 is 11.9 Å². The second-order valence-corrected chi connectivity index (χ2v) is 5.68. The Hall–Kier alpha value is -2.30. The third-order valence-corrected chi connectivity index (χ3v) is 3.33. The zero-order valence-corrected chi connectivity index (χ0v) is 16.3. The van der Waals surface area contributed by atoms with Crippen LogP contribution >= 0.6 is 0 Å². The number of guanidine groups is 1. The first-order valence-corrected chi connectivity index (χ1v) is 8.93. The monoisotopic (exact) mass is 348 g/mol. The molecule has 0 aliphatic carbocycles. The highest BCUT2D eigenvalue weighted by Gasteiger charge is 1.96. The van der Waals surface area contributed by atoms with Gasteiger partial charge >= 0.3 is 0 Å². The third-order valence-electron chi connectivity index (χ3n) is 3.33. The average Bonchev–Trinajstić information content (AvgIpc) is 2.55. The quantitative estimate of drug-likeness (QED) is 0.192. The molecule has 0 atom stereocenters. The predicted molar refractivity (Wildman–Crippen MR) is 110 cm³/mol.